The largest absolute Gasteiger partial charge is 0.508 e. The molecule has 2 amide bonds. The number of allylic oxidation sites excluding steroid dienone is 1. The zero-order valence-corrected chi connectivity index (χ0v) is 24.7. The Morgan fingerprint density at radius 2 is 1.78 bits per heavy atom. The quantitative estimate of drug-likeness (QED) is 0.184. The van der Waals surface area contributed by atoms with Crippen molar-refractivity contribution in [2.45, 2.75) is 58.1 Å². The fourth-order valence-corrected chi connectivity index (χ4v) is 6.07. The van der Waals surface area contributed by atoms with Crippen LogP contribution in [0.4, 0.5) is 11.4 Å². The number of likely N-dealkylation sites (N-methyl/N-ethyl adjacent to an activating group) is 1. The monoisotopic (exact) mass is 574 g/mol. The summed E-state index contributed by atoms with van der Waals surface area (Å²) in [5, 5.41) is 47.4. The molecule has 0 saturated carbocycles. The molecule has 0 spiro atoms. The van der Waals surface area contributed by atoms with E-state index in [9.17, 15) is 39.6 Å². The van der Waals surface area contributed by atoms with Crippen molar-refractivity contribution in [1.29, 1.82) is 0 Å². The van der Waals surface area contributed by atoms with E-state index in [1.54, 1.807) is 44.1 Å². The Morgan fingerprint density at radius 1 is 1.17 bits per heavy atom. The number of carbonyl (C=O) groups excluding carboxylic acids is 4. The highest BCUT2D eigenvalue weighted by atomic mass is 16.3. The van der Waals surface area contributed by atoms with Crippen LogP contribution >= 0.6 is 0 Å². The van der Waals surface area contributed by atoms with Gasteiger partial charge in [-0.15, -0.1) is 0 Å². The molecule has 41 heavy (non-hydrogen) atoms. The number of amides is 2. The minimum absolute atomic E-state index is 0.00663. The van der Waals surface area contributed by atoms with E-state index in [2.05, 4.69) is 5.32 Å². The molecule has 12 nitrogen and oxygen atoms in total. The molecule has 226 valence electrons. The Labute approximate surface area is 239 Å². The number of Topliss-reactive ketones (excluding diaryl/α,β-unsaturated/α-hetero) is 2. The molecule has 0 heterocycles. The van der Waals surface area contributed by atoms with Crippen LogP contribution in [0.15, 0.2) is 17.4 Å². The van der Waals surface area contributed by atoms with Crippen molar-refractivity contribution < 1.29 is 39.6 Å². The highest BCUT2D eigenvalue weighted by Gasteiger charge is 2.58. The number of primary amides is 1. The SMILES string of the molecule is CN(C)c1cc(NC(=O)CC(C)(C)C)c(O)c2c1CC1CC([C@@H](CO)N(C)C)[C@@](O)(C(=O)CC(N)=O)C(O)=C1C2=O. The molecule has 2 unspecified atom stereocenters. The van der Waals surface area contributed by atoms with Crippen molar-refractivity contribution in [3.05, 3.63) is 28.5 Å². The summed E-state index contributed by atoms with van der Waals surface area (Å²) in [5.41, 5.74) is 2.83. The van der Waals surface area contributed by atoms with E-state index in [0.29, 0.717) is 11.3 Å². The van der Waals surface area contributed by atoms with Gasteiger partial charge in [0.15, 0.2) is 22.9 Å². The number of fused-ring (bicyclic) bond motifs is 2. The molecule has 1 aromatic rings. The third-order valence-electron chi connectivity index (χ3n) is 7.93. The second kappa shape index (κ2) is 11.4. The van der Waals surface area contributed by atoms with E-state index in [-0.39, 0.29) is 47.4 Å². The lowest BCUT2D eigenvalue weighted by molar-refractivity contribution is -0.151. The first kappa shape index (κ1) is 32.0. The number of carbonyl (C=O) groups is 4. The fourth-order valence-electron chi connectivity index (χ4n) is 6.07. The van der Waals surface area contributed by atoms with Gasteiger partial charge in [0.1, 0.15) is 5.76 Å². The first-order valence-corrected chi connectivity index (χ1v) is 13.5. The average Bonchev–Trinajstić information content (AvgIpc) is 2.81. The van der Waals surface area contributed by atoms with E-state index < -0.39 is 65.5 Å². The van der Waals surface area contributed by atoms with E-state index in [1.165, 1.54) is 0 Å². The zero-order chi connectivity index (χ0) is 31.2. The molecule has 7 N–H and O–H groups in total. The lowest BCUT2D eigenvalue weighted by Crippen LogP contribution is -2.60. The number of aromatic hydroxyl groups is 1. The molecule has 2 aliphatic rings. The predicted octanol–water partition coefficient (Wildman–Crippen LogP) is 1.12. The summed E-state index contributed by atoms with van der Waals surface area (Å²) >= 11 is 0. The molecule has 3 rings (SSSR count). The Kier molecular flexibility index (Phi) is 8.92. The smallest absolute Gasteiger partial charge is 0.225 e. The molecule has 1 aromatic carbocycles. The number of phenols is 1. The summed E-state index contributed by atoms with van der Waals surface area (Å²) < 4.78 is 0. The third-order valence-corrected chi connectivity index (χ3v) is 7.93. The van der Waals surface area contributed by atoms with Gasteiger partial charge in [0.25, 0.3) is 0 Å². The van der Waals surface area contributed by atoms with Crippen molar-refractivity contribution in [1.82, 2.24) is 4.90 Å². The van der Waals surface area contributed by atoms with E-state index in [0.717, 1.165) is 0 Å². The second-order valence-electron chi connectivity index (χ2n) is 12.7. The number of hydrogen-bond donors (Lipinski definition) is 6. The number of benzene rings is 1. The summed E-state index contributed by atoms with van der Waals surface area (Å²) in [6, 6.07) is 0.763. The van der Waals surface area contributed by atoms with Gasteiger partial charge in [0, 0.05) is 43.7 Å². The zero-order valence-electron chi connectivity index (χ0n) is 24.7. The van der Waals surface area contributed by atoms with Crippen LogP contribution in [0.5, 0.6) is 5.75 Å². The first-order chi connectivity index (χ1) is 18.8. The van der Waals surface area contributed by atoms with Crippen molar-refractivity contribution in [3.63, 3.8) is 0 Å². The summed E-state index contributed by atoms with van der Waals surface area (Å²) in [4.78, 5) is 55.0. The molecule has 0 bridgehead atoms. The maximum absolute atomic E-state index is 14.1. The number of ketones is 2. The summed E-state index contributed by atoms with van der Waals surface area (Å²) in [6.07, 6.45) is -0.588. The number of nitrogens with two attached hydrogens (primary N) is 1. The molecule has 0 radical (unpaired) electrons. The normalized spacial score (nSPS) is 23.1. The van der Waals surface area contributed by atoms with Gasteiger partial charge >= 0.3 is 0 Å². The van der Waals surface area contributed by atoms with Crippen LogP contribution in [0.25, 0.3) is 0 Å². The van der Waals surface area contributed by atoms with E-state index >= 15 is 0 Å². The number of anilines is 2. The van der Waals surface area contributed by atoms with Gasteiger partial charge in [-0.1, -0.05) is 20.8 Å². The fraction of sp³-hybridized carbons (Fsp3) is 0.586. The minimum atomic E-state index is -2.69. The van der Waals surface area contributed by atoms with Crippen molar-refractivity contribution >= 4 is 34.8 Å². The average molecular weight is 575 g/mol. The number of nitrogens with zero attached hydrogens (tertiary/aromatic N) is 2. The van der Waals surface area contributed by atoms with Gasteiger partial charge in [-0.2, -0.15) is 0 Å². The number of aliphatic hydroxyl groups is 3. The number of rotatable bonds is 9. The Morgan fingerprint density at radius 3 is 2.27 bits per heavy atom. The summed E-state index contributed by atoms with van der Waals surface area (Å²) in [6.45, 7) is 5.18. The topological polar surface area (TPSA) is 194 Å². The van der Waals surface area contributed by atoms with Crippen LogP contribution in [-0.2, 0) is 20.8 Å². The molecule has 4 atom stereocenters. The second-order valence-corrected chi connectivity index (χ2v) is 12.7. The van der Waals surface area contributed by atoms with Crippen LogP contribution in [0.3, 0.4) is 0 Å². The van der Waals surface area contributed by atoms with Crippen molar-refractivity contribution in [3.8, 4) is 5.75 Å². The van der Waals surface area contributed by atoms with Crippen molar-refractivity contribution in [2.75, 3.05) is 45.0 Å². The lowest BCUT2D eigenvalue weighted by atomic mass is 9.61. The Bertz CT molecular complexity index is 1300. The van der Waals surface area contributed by atoms with Crippen LogP contribution in [-0.4, -0.2) is 95.1 Å². The molecule has 0 aliphatic heterocycles. The maximum Gasteiger partial charge on any atom is 0.225 e. The van der Waals surface area contributed by atoms with Crippen LogP contribution in [0.1, 0.15) is 56.0 Å². The third kappa shape index (κ3) is 5.95. The molecule has 2 aliphatic carbocycles. The number of hydrogen-bond acceptors (Lipinski definition) is 10. The molecular formula is C29H42N4O8. The maximum atomic E-state index is 14.1. The molecule has 0 fully saturated rings. The summed E-state index contributed by atoms with van der Waals surface area (Å²) in [7, 11) is 6.77. The predicted molar refractivity (Wildman–Crippen MR) is 153 cm³/mol. The van der Waals surface area contributed by atoms with Crippen LogP contribution < -0.4 is 16.0 Å². The molecule has 0 aromatic heterocycles. The number of phenolic OH excluding ortho intramolecular Hbond substituents is 1. The Balaban J connectivity index is 2.25. The minimum Gasteiger partial charge on any atom is -0.508 e. The number of aliphatic hydroxyl groups excluding tert-OH is 2. The highest BCUT2D eigenvalue weighted by Crippen LogP contribution is 2.51. The Hall–Kier alpha value is -3.48. The highest BCUT2D eigenvalue weighted by molar-refractivity contribution is 6.17. The van der Waals surface area contributed by atoms with E-state index in [1.807, 2.05) is 20.8 Å². The van der Waals surface area contributed by atoms with Gasteiger partial charge in [-0.25, -0.2) is 0 Å². The van der Waals surface area contributed by atoms with Gasteiger partial charge in [-0.05, 0) is 49.9 Å². The van der Waals surface area contributed by atoms with Gasteiger partial charge in [0.2, 0.25) is 11.8 Å². The summed E-state index contributed by atoms with van der Waals surface area (Å²) in [5.74, 6) is -6.50. The standard InChI is InChI=1S/C29H42N4O8/c1-28(2,3)12-22(37)31-17-10-18(32(4)5)15-8-14-9-16(19(13-34)33(6)7)29(41,20(35)11-21(30)36)27(40)23(14)26(39)24(15)25(17)38/h10,14,16,19,34,38,40-41H,8-9,11-13H2,1-7H3,(H2,30,36)(H,31,37)/t14?,16?,19-,29-/m1/s1. The lowest BCUT2D eigenvalue weighted by Gasteiger charge is -2.47. The molecular weight excluding hydrogens is 532 g/mol. The van der Waals surface area contributed by atoms with Gasteiger partial charge < -0.3 is 41.3 Å². The van der Waals surface area contributed by atoms with Crippen LogP contribution in [0, 0.1) is 17.3 Å². The number of nitrogens with one attached hydrogen (secondary N) is 1. The molecule has 12 heteroatoms. The van der Waals surface area contributed by atoms with E-state index in [4.69, 9.17) is 5.73 Å². The van der Waals surface area contributed by atoms with Gasteiger partial charge in [0.05, 0.1) is 24.3 Å². The van der Waals surface area contributed by atoms with Crippen molar-refractivity contribution in [2.24, 2.45) is 23.0 Å². The first-order valence-electron chi connectivity index (χ1n) is 13.5. The molecule has 0 saturated heterocycles. The van der Waals surface area contributed by atoms with Crippen LogP contribution in [0.2, 0.25) is 0 Å². The van der Waals surface area contributed by atoms with Gasteiger partial charge in [-0.3, -0.25) is 19.2 Å².